The summed E-state index contributed by atoms with van der Waals surface area (Å²) < 4.78 is 0. The van der Waals surface area contributed by atoms with Crippen molar-refractivity contribution in [3.8, 4) is 0 Å². The van der Waals surface area contributed by atoms with E-state index in [1.165, 1.54) is 5.01 Å². The van der Waals surface area contributed by atoms with E-state index < -0.39 is 5.97 Å². The predicted octanol–water partition coefficient (Wildman–Crippen LogP) is 1.78. The number of rotatable bonds is 7. The molecule has 1 N–H and O–H groups in total. The molecule has 7 nitrogen and oxygen atoms in total. The largest absolute Gasteiger partial charge is 0.569 e. The summed E-state index contributed by atoms with van der Waals surface area (Å²) in [6.45, 7) is 5.87. The number of unbranched alkanes of at least 4 members (excludes halogenated alkanes) is 1. The summed E-state index contributed by atoms with van der Waals surface area (Å²) in [7, 11) is 1.62. The van der Waals surface area contributed by atoms with Crippen molar-refractivity contribution in [2.75, 3.05) is 13.7 Å². The SMILES string of the molecule is CN(/[N+]([O-])=N/OCCCCC(=O)O)C(C)(C)C. The average molecular weight is 247 g/mol. The summed E-state index contributed by atoms with van der Waals surface area (Å²) in [4.78, 5) is 15.4. The van der Waals surface area contributed by atoms with Crippen LogP contribution in [0.15, 0.2) is 5.28 Å². The minimum Gasteiger partial charge on any atom is -0.569 e. The van der Waals surface area contributed by atoms with Crippen LogP contribution in [0.4, 0.5) is 0 Å². The Morgan fingerprint density at radius 1 is 1.47 bits per heavy atom. The maximum absolute atomic E-state index is 11.4. The highest BCUT2D eigenvalue weighted by Gasteiger charge is 2.24. The molecule has 0 spiro atoms. The van der Waals surface area contributed by atoms with E-state index in [-0.39, 0.29) is 18.6 Å². The van der Waals surface area contributed by atoms with Gasteiger partial charge in [-0.1, -0.05) is 0 Å². The molecule has 0 rings (SSSR count). The Balaban J connectivity index is 3.81. The Kier molecular flexibility index (Phi) is 6.30. The molecule has 7 heteroatoms. The van der Waals surface area contributed by atoms with Crippen LogP contribution in [0, 0.1) is 5.21 Å². The molecule has 0 heterocycles. The minimum atomic E-state index is -0.833. The van der Waals surface area contributed by atoms with E-state index in [1.807, 2.05) is 20.8 Å². The lowest BCUT2D eigenvalue weighted by Gasteiger charge is -2.26. The normalized spacial score (nSPS) is 12.4. The van der Waals surface area contributed by atoms with Crippen molar-refractivity contribution in [3.63, 3.8) is 0 Å². The van der Waals surface area contributed by atoms with Gasteiger partial charge in [0, 0.05) is 6.42 Å². The molecule has 0 aromatic rings. The van der Waals surface area contributed by atoms with Crippen LogP contribution in [0.1, 0.15) is 40.0 Å². The Hall–Kier alpha value is -1.53. The van der Waals surface area contributed by atoms with Crippen LogP contribution in [0.5, 0.6) is 0 Å². The second kappa shape index (κ2) is 6.93. The van der Waals surface area contributed by atoms with Gasteiger partial charge in [0.2, 0.25) is 5.28 Å². The molecular formula is C10H21N3O4. The third kappa shape index (κ3) is 7.37. The van der Waals surface area contributed by atoms with Crippen LogP contribution in [0.2, 0.25) is 0 Å². The van der Waals surface area contributed by atoms with Crippen LogP contribution in [-0.2, 0) is 9.63 Å². The monoisotopic (exact) mass is 247 g/mol. The van der Waals surface area contributed by atoms with Crippen molar-refractivity contribution in [1.82, 2.24) is 5.01 Å². The van der Waals surface area contributed by atoms with E-state index >= 15 is 0 Å². The fourth-order valence-electron chi connectivity index (χ4n) is 0.844. The van der Waals surface area contributed by atoms with Crippen molar-refractivity contribution in [2.24, 2.45) is 5.28 Å². The van der Waals surface area contributed by atoms with Gasteiger partial charge >= 0.3 is 5.97 Å². The first kappa shape index (κ1) is 15.5. The highest BCUT2D eigenvalue weighted by Crippen LogP contribution is 2.10. The van der Waals surface area contributed by atoms with Crippen molar-refractivity contribution < 1.29 is 19.7 Å². The van der Waals surface area contributed by atoms with Gasteiger partial charge in [0.25, 0.3) is 0 Å². The lowest BCUT2D eigenvalue weighted by Crippen LogP contribution is -2.42. The molecule has 0 saturated carbocycles. The molecular weight excluding hydrogens is 226 g/mol. The number of hydrogen-bond acceptors (Lipinski definition) is 4. The number of aliphatic carboxylic acids is 1. The number of hydrazine groups is 1. The van der Waals surface area contributed by atoms with Crippen LogP contribution in [0.25, 0.3) is 0 Å². The summed E-state index contributed by atoms with van der Waals surface area (Å²) in [6, 6.07) is 0. The van der Waals surface area contributed by atoms with Gasteiger partial charge in [-0.15, -0.1) is 5.01 Å². The maximum atomic E-state index is 11.4. The van der Waals surface area contributed by atoms with Crippen LogP contribution < -0.4 is 0 Å². The Morgan fingerprint density at radius 2 is 2.06 bits per heavy atom. The zero-order valence-corrected chi connectivity index (χ0v) is 10.8. The lowest BCUT2D eigenvalue weighted by molar-refractivity contribution is -0.719. The molecule has 0 fully saturated rings. The maximum Gasteiger partial charge on any atom is 0.303 e. The van der Waals surface area contributed by atoms with Crippen molar-refractivity contribution in [2.45, 2.75) is 45.6 Å². The van der Waals surface area contributed by atoms with Crippen LogP contribution in [-0.4, -0.2) is 40.2 Å². The molecule has 0 aromatic heterocycles. The molecule has 0 aliphatic heterocycles. The zero-order valence-electron chi connectivity index (χ0n) is 10.8. The Labute approximate surface area is 101 Å². The van der Waals surface area contributed by atoms with Gasteiger partial charge in [-0.25, -0.2) is 0 Å². The molecule has 17 heavy (non-hydrogen) atoms. The molecule has 0 aromatic carbocycles. The van der Waals surface area contributed by atoms with E-state index in [0.717, 1.165) is 0 Å². The predicted molar refractivity (Wildman–Crippen MR) is 61.0 cm³/mol. The lowest BCUT2D eigenvalue weighted by atomic mass is 10.1. The first-order chi connectivity index (χ1) is 7.75. The van der Waals surface area contributed by atoms with Gasteiger partial charge in [0.1, 0.15) is 6.61 Å². The van der Waals surface area contributed by atoms with Gasteiger partial charge < -0.3 is 15.2 Å². The van der Waals surface area contributed by atoms with Gasteiger partial charge in [-0.05, 0) is 33.6 Å². The third-order valence-corrected chi connectivity index (χ3v) is 2.23. The Morgan fingerprint density at radius 3 is 2.53 bits per heavy atom. The minimum absolute atomic E-state index is 0.104. The highest BCUT2D eigenvalue weighted by molar-refractivity contribution is 5.66. The number of carboxylic acid groups (broad SMARTS) is 1. The smallest absolute Gasteiger partial charge is 0.303 e. The average Bonchev–Trinajstić information content (AvgIpc) is 2.19. The van der Waals surface area contributed by atoms with E-state index in [2.05, 4.69) is 5.28 Å². The van der Waals surface area contributed by atoms with Crippen molar-refractivity contribution in [1.29, 1.82) is 0 Å². The van der Waals surface area contributed by atoms with Crippen molar-refractivity contribution in [3.05, 3.63) is 5.21 Å². The van der Waals surface area contributed by atoms with Gasteiger partial charge in [-0.3, -0.25) is 4.79 Å². The molecule has 100 valence electrons. The third-order valence-electron chi connectivity index (χ3n) is 2.23. The van der Waals surface area contributed by atoms with Crippen LogP contribution >= 0.6 is 0 Å². The number of carboxylic acids is 1. The first-order valence-electron chi connectivity index (χ1n) is 5.51. The van der Waals surface area contributed by atoms with Gasteiger partial charge in [0.05, 0.1) is 17.6 Å². The molecule has 0 unspecified atom stereocenters. The van der Waals surface area contributed by atoms with Crippen molar-refractivity contribution >= 4 is 5.97 Å². The molecule has 0 atom stereocenters. The van der Waals surface area contributed by atoms with E-state index in [0.29, 0.717) is 17.8 Å². The quantitative estimate of drug-likeness (QED) is 0.320. The molecule has 0 amide bonds. The number of nitrogens with zero attached hydrogens (tertiary/aromatic N) is 3. The van der Waals surface area contributed by atoms with E-state index in [9.17, 15) is 10.0 Å². The molecule has 0 radical (unpaired) electrons. The standard InChI is InChI=1S/C10H21N3O4/c1-10(2,3)12(4)13(16)11-17-8-6-5-7-9(14)15/h5-8H2,1-4H3,(H,14,15)/b13-11-. The first-order valence-corrected chi connectivity index (χ1v) is 5.51. The molecule has 0 aliphatic carbocycles. The molecule has 0 aliphatic rings. The topological polar surface area (TPSA) is 88.2 Å². The summed E-state index contributed by atoms with van der Waals surface area (Å²) in [5.74, 6) is -0.833. The fourth-order valence-corrected chi connectivity index (χ4v) is 0.844. The van der Waals surface area contributed by atoms with Gasteiger partial charge in [0.15, 0.2) is 0 Å². The second-order valence-electron chi connectivity index (χ2n) is 4.71. The molecule has 0 bridgehead atoms. The van der Waals surface area contributed by atoms with E-state index in [4.69, 9.17) is 9.94 Å². The highest BCUT2D eigenvalue weighted by atomic mass is 16.7. The summed E-state index contributed by atoms with van der Waals surface area (Å²) in [6.07, 6.45) is 1.17. The fraction of sp³-hybridized carbons (Fsp3) is 0.900. The van der Waals surface area contributed by atoms with Gasteiger partial charge in [-0.2, -0.15) is 0 Å². The zero-order chi connectivity index (χ0) is 13.5. The van der Waals surface area contributed by atoms with Crippen LogP contribution in [0.3, 0.4) is 0 Å². The van der Waals surface area contributed by atoms with E-state index in [1.54, 1.807) is 7.05 Å². The number of hydrogen-bond donors (Lipinski definition) is 1. The summed E-state index contributed by atoms with van der Waals surface area (Å²) in [5.41, 5.74) is -0.335. The molecule has 0 saturated heterocycles. The summed E-state index contributed by atoms with van der Waals surface area (Å²) in [5, 5.41) is 24.5. The summed E-state index contributed by atoms with van der Waals surface area (Å²) >= 11 is 0. The second-order valence-corrected chi connectivity index (χ2v) is 4.71. The Bertz CT molecular complexity index is 273. The number of carbonyl (C=O) groups is 1.